The maximum atomic E-state index is 13.1. The van der Waals surface area contributed by atoms with E-state index in [2.05, 4.69) is 0 Å². The molecule has 0 aliphatic rings. The van der Waals surface area contributed by atoms with Gasteiger partial charge in [-0.05, 0) is 36.9 Å². The predicted molar refractivity (Wildman–Crippen MR) is 114 cm³/mol. The summed E-state index contributed by atoms with van der Waals surface area (Å²) in [5.74, 6) is -0.208. The molecule has 0 aromatic carbocycles. The molecule has 7 nitrogen and oxygen atoms in total. The predicted octanol–water partition coefficient (Wildman–Crippen LogP) is 2.63. The number of hydrogen-bond donors (Lipinski definition) is 0. The molecular formula is C21H31N3O4S. The lowest BCUT2D eigenvalue weighted by Crippen LogP contribution is -2.44. The second-order valence-electron chi connectivity index (χ2n) is 6.67. The fourth-order valence-corrected chi connectivity index (χ4v) is 3.61. The van der Waals surface area contributed by atoms with Crippen LogP contribution in [0.15, 0.2) is 35.8 Å². The Hall–Kier alpha value is -2.16. The van der Waals surface area contributed by atoms with E-state index in [9.17, 15) is 9.59 Å². The van der Waals surface area contributed by atoms with Crippen molar-refractivity contribution in [2.45, 2.75) is 19.9 Å². The van der Waals surface area contributed by atoms with Crippen molar-refractivity contribution in [3.05, 3.63) is 46.4 Å². The van der Waals surface area contributed by atoms with Crippen LogP contribution in [-0.2, 0) is 27.9 Å². The molecule has 2 rings (SSSR count). The molecule has 0 saturated carbocycles. The number of hydrogen-bond acceptors (Lipinski definition) is 5. The van der Waals surface area contributed by atoms with Gasteiger partial charge in [0, 0.05) is 52.4 Å². The lowest BCUT2D eigenvalue weighted by molar-refractivity contribution is -0.133. The minimum absolute atomic E-state index is 0.0387. The van der Waals surface area contributed by atoms with Crippen molar-refractivity contribution >= 4 is 23.2 Å². The first-order valence-electron chi connectivity index (χ1n) is 9.84. The summed E-state index contributed by atoms with van der Waals surface area (Å²) in [6, 6.07) is 7.58. The molecule has 2 amide bonds. The number of carbonyl (C=O) groups is 2. The molecule has 0 N–H and O–H groups in total. The number of aromatic nitrogens is 1. The highest BCUT2D eigenvalue weighted by Gasteiger charge is 2.23. The van der Waals surface area contributed by atoms with Crippen LogP contribution in [-0.4, -0.2) is 72.7 Å². The number of methoxy groups -OCH3 is 1. The summed E-state index contributed by atoms with van der Waals surface area (Å²) in [7, 11) is 3.57. The van der Waals surface area contributed by atoms with E-state index in [0.29, 0.717) is 50.8 Å². The van der Waals surface area contributed by atoms with E-state index in [1.54, 1.807) is 23.0 Å². The zero-order valence-electron chi connectivity index (χ0n) is 17.5. The number of ether oxygens (including phenoxy) is 2. The molecule has 2 aromatic heterocycles. The van der Waals surface area contributed by atoms with Gasteiger partial charge in [0.2, 0.25) is 5.91 Å². The van der Waals surface area contributed by atoms with E-state index in [4.69, 9.17) is 9.47 Å². The van der Waals surface area contributed by atoms with Crippen LogP contribution < -0.4 is 0 Å². The van der Waals surface area contributed by atoms with Gasteiger partial charge in [0.15, 0.2) is 0 Å². The van der Waals surface area contributed by atoms with E-state index < -0.39 is 0 Å². The molecule has 8 heteroatoms. The van der Waals surface area contributed by atoms with Crippen molar-refractivity contribution < 1.29 is 19.1 Å². The Morgan fingerprint density at radius 1 is 1.14 bits per heavy atom. The van der Waals surface area contributed by atoms with Crippen molar-refractivity contribution in [3.63, 3.8) is 0 Å². The number of carbonyl (C=O) groups excluding carboxylic acids is 2. The minimum Gasteiger partial charge on any atom is -0.383 e. The van der Waals surface area contributed by atoms with Gasteiger partial charge < -0.3 is 23.8 Å². The molecule has 160 valence electrons. The van der Waals surface area contributed by atoms with Gasteiger partial charge in [0.25, 0.3) is 5.91 Å². The quantitative estimate of drug-likeness (QED) is 0.467. The van der Waals surface area contributed by atoms with Gasteiger partial charge in [-0.1, -0.05) is 6.07 Å². The average Bonchev–Trinajstić information content (AvgIpc) is 3.39. The minimum atomic E-state index is -0.115. The first kappa shape index (κ1) is 23.1. The Kier molecular flexibility index (Phi) is 9.90. The van der Waals surface area contributed by atoms with Gasteiger partial charge in [-0.2, -0.15) is 0 Å². The van der Waals surface area contributed by atoms with E-state index in [-0.39, 0.29) is 18.4 Å². The van der Waals surface area contributed by atoms with Crippen LogP contribution in [0, 0.1) is 0 Å². The van der Waals surface area contributed by atoms with E-state index in [0.717, 1.165) is 5.69 Å². The Bertz CT molecular complexity index is 745. The Morgan fingerprint density at radius 2 is 1.97 bits per heavy atom. The second-order valence-corrected chi connectivity index (χ2v) is 7.62. The number of amides is 2. The molecule has 0 spiro atoms. The van der Waals surface area contributed by atoms with Crippen LogP contribution >= 0.6 is 11.3 Å². The fraction of sp³-hybridized carbons (Fsp3) is 0.524. The van der Waals surface area contributed by atoms with E-state index >= 15 is 0 Å². The summed E-state index contributed by atoms with van der Waals surface area (Å²) in [6.07, 6.45) is 2.64. The Balaban J connectivity index is 2.08. The van der Waals surface area contributed by atoms with E-state index in [1.807, 2.05) is 48.3 Å². The third-order valence-electron chi connectivity index (χ3n) is 4.59. The summed E-state index contributed by atoms with van der Waals surface area (Å²) in [6.45, 7) is 5.05. The van der Waals surface area contributed by atoms with Crippen molar-refractivity contribution in [2.24, 2.45) is 7.05 Å². The number of rotatable bonds is 13. The molecule has 0 aliphatic heterocycles. The zero-order chi connectivity index (χ0) is 21.1. The maximum Gasteiger partial charge on any atom is 0.264 e. The lowest BCUT2D eigenvalue weighted by Gasteiger charge is -2.27. The zero-order valence-corrected chi connectivity index (χ0v) is 18.3. The molecule has 0 saturated heterocycles. The molecule has 0 unspecified atom stereocenters. The van der Waals surface area contributed by atoms with Crippen LogP contribution in [0.1, 0.15) is 28.7 Å². The monoisotopic (exact) mass is 421 g/mol. The topological polar surface area (TPSA) is 64.0 Å². The van der Waals surface area contributed by atoms with Crippen LogP contribution in [0.3, 0.4) is 0 Å². The van der Waals surface area contributed by atoms with Crippen molar-refractivity contribution in [1.29, 1.82) is 0 Å². The first-order chi connectivity index (χ1) is 14.1. The van der Waals surface area contributed by atoms with Crippen LogP contribution in [0.4, 0.5) is 0 Å². The highest BCUT2D eigenvalue weighted by atomic mass is 32.1. The Morgan fingerprint density at radius 3 is 2.59 bits per heavy atom. The third-order valence-corrected chi connectivity index (χ3v) is 5.45. The third kappa shape index (κ3) is 7.30. The molecule has 2 aromatic rings. The maximum absolute atomic E-state index is 13.1. The smallest absolute Gasteiger partial charge is 0.264 e. The lowest BCUT2D eigenvalue weighted by atomic mass is 10.3. The highest BCUT2D eigenvalue weighted by Crippen LogP contribution is 2.13. The Labute approximate surface area is 176 Å². The van der Waals surface area contributed by atoms with Crippen LogP contribution in [0.2, 0.25) is 0 Å². The van der Waals surface area contributed by atoms with Gasteiger partial charge >= 0.3 is 0 Å². The second kappa shape index (κ2) is 12.4. The first-order valence-corrected chi connectivity index (χ1v) is 10.7. The normalized spacial score (nSPS) is 10.9. The van der Waals surface area contributed by atoms with Crippen molar-refractivity contribution in [1.82, 2.24) is 14.4 Å². The van der Waals surface area contributed by atoms with Gasteiger partial charge in [-0.3, -0.25) is 9.59 Å². The number of thiophene rings is 1. The summed E-state index contributed by atoms with van der Waals surface area (Å²) < 4.78 is 12.6. The molecule has 0 fully saturated rings. The molecule has 0 atom stereocenters. The van der Waals surface area contributed by atoms with Gasteiger partial charge in [-0.15, -0.1) is 11.3 Å². The molecule has 29 heavy (non-hydrogen) atoms. The molecule has 0 radical (unpaired) electrons. The van der Waals surface area contributed by atoms with E-state index in [1.165, 1.54) is 11.3 Å². The van der Waals surface area contributed by atoms with Crippen LogP contribution in [0.25, 0.3) is 0 Å². The fourth-order valence-electron chi connectivity index (χ4n) is 2.92. The van der Waals surface area contributed by atoms with Gasteiger partial charge in [0.1, 0.15) is 6.54 Å². The number of aryl methyl sites for hydroxylation is 1. The molecule has 0 bridgehead atoms. The summed E-state index contributed by atoms with van der Waals surface area (Å²) in [4.78, 5) is 30.0. The van der Waals surface area contributed by atoms with Gasteiger partial charge in [0.05, 0.1) is 18.0 Å². The average molecular weight is 422 g/mol. The molecule has 2 heterocycles. The van der Waals surface area contributed by atoms with Crippen LogP contribution in [0.5, 0.6) is 0 Å². The van der Waals surface area contributed by atoms with Crippen molar-refractivity contribution in [3.8, 4) is 0 Å². The standard InChI is InChI=1S/C21H31N3O4S/c1-4-28-13-7-11-24(21(26)19-9-6-15-29-19)17-20(25)23(12-14-27-3)16-18-8-5-10-22(18)2/h5-6,8-10,15H,4,7,11-14,16-17H2,1-3H3. The SMILES string of the molecule is CCOCCCN(CC(=O)N(CCOC)Cc1cccn1C)C(=O)c1cccs1. The summed E-state index contributed by atoms with van der Waals surface area (Å²) >= 11 is 1.39. The largest absolute Gasteiger partial charge is 0.383 e. The number of nitrogens with zero attached hydrogens (tertiary/aromatic N) is 3. The molecule has 0 aliphatic carbocycles. The van der Waals surface area contributed by atoms with Crippen molar-refractivity contribution in [2.75, 3.05) is 46.6 Å². The summed E-state index contributed by atoms with van der Waals surface area (Å²) in [5.41, 5.74) is 1.03. The van der Waals surface area contributed by atoms with Gasteiger partial charge in [-0.25, -0.2) is 0 Å². The highest BCUT2D eigenvalue weighted by molar-refractivity contribution is 7.12. The molecular weight excluding hydrogens is 390 g/mol. The summed E-state index contributed by atoms with van der Waals surface area (Å²) in [5, 5.41) is 1.87.